The average Bonchev–Trinajstić information content (AvgIpc) is 2.74. The van der Waals surface area contributed by atoms with E-state index in [-0.39, 0.29) is 35.1 Å². The number of rotatable bonds is 10. The van der Waals surface area contributed by atoms with Gasteiger partial charge in [0.15, 0.2) is 6.61 Å². The molecule has 0 heterocycles. The van der Waals surface area contributed by atoms with Crippen molar-refractivity contribution in [3.8, 4) is 0 Å². The molecule has 0 bridgehead atoms. The minimum Gasteiger partial charge on any atom is -0.456 e. The summed E-state index contributed by atoms with van der Waals surface area (Å²) in [6.07, 6.45) is -0.347. The van der Waals surface area contributed by atoms with Gasteiger partial charge in [0.1, 0.15) is 5.69 Å². The number of nitrogens with zero attached hydrogens (tertiary/aromatic N) is 1. The molecule has 0 spiro atoms. The summed E-state index contributed by atoms with van der Waals surface area (Å²) >= 11 is 0. The highest BCUT2D eigenvalue weighted by Gasteiger charge is 2.19. The number of carbonyl (C=O) groups is 3. The molecule has 0 saturated carbocycles. The number of hydrogen-bond acceptors (Lipinski definition) is 8. The highest BCUT2D eigenvalue weighted by Crippen LogP contribution is 2.27. The number of nitro benzene ring substituents is 1. The Labute approximate surface area is 195 Å². The number of aryl methyl sites for hydroxylation is 2. The van der Waals surface area contributed by atoms with Gasteiger partial charge in [-0.3, -0.25) is 24.5 Å². The van der Waals surface area contributed by atoms with Crippen LogP contribution in [-0.2, 0) is 29.1 Å². The van der Waals surface area contributed by atoms with Crippen molar-refractivity contribution in [3.05, 3.63) is 57.6 Å². The lowest BCUT2D eigenvalue weighted by Crippen LogP contribution is -2.28. The molecule has 0 aliphatic heterocycles. The number of anilines is 2. The van der Waals surface area contributed by atoms with Gasteiger partial charge in [-0.25, -0.2) is 13.1 Å². The number of carbonyl (C=O) groups excluding carboxylic acids is 3. The van der Waals surface area contributed by atoms with E-state index in [1.807, 2.05) is 0 Å². The number of benzene rings is 2. The second kappa shape index (κ2) is 11.3. The van der Waals surface area contributed by atoms with Crippen LogP contribution in [-0.4, -0.2) is 44.3 Å². The normalized spacial score (nSPS) is 10.9. The molecule has 0 saturated heterocycles. The Bertz CT molecular complexity index is 1210. The minimum atomic E-state index is -3.91. The van der Waals surface area contributed by atoms with E-state index in [0.29, 0.717) is 11.3 Å². The highest BCUT2D eigenvalue weighted by molar-refractivity contribution is 7.89. The van der Waals surface area contributed by atoms with E-state index in [1.165, 1.54) is 43.3 Å². The molecule has 0 fully saturated rings. The van der Waals surface area contributed by atoms with Crippen LogP contribution in [0.25, 0.3) is 0 Å². The van der Waals surface area contributed by atoms with E-state index in [9.17, 15) is 32.9 Å². The number of nitro groups is 1. The van der Waals surface area contributed by atoms with Crippen LogP contribution >= 0.6 is 0 Å². The lowest BCUT2D eigenvalue weighted by Gasteiger charge is -2.10. The Morgan fingerprint density at radius 3 is 2.24 bits per heavy atom. The fraction of sp³-hybridized carbons (Fsp3) is 0.286. The van der Waals surface area contributed by atoms with Crippen molar-refractivity contribution in [2.75, 3.05) is 23.8 Å². The molecule has 0 aromatic heterocycles. The van der Waals surface area contributed by atoms with Crippen molar-refractivity contribution in [2.45, 2.75) is 32.1 Å². The summed E-state index contributed by atoms with van der Waals surface area (Å²) in [4.78, 5) is 45.4. The molecule has 2 aromatic rings. The zero-order valence-electron chi connectivity index (χ0n) is 18.7. The minimum absolute atomic E-state index is 0.0218. The molecule has 2 rings (SSSR count). The molecule has 13 heteroatoms. The van der Waals surface area contributed by atoms with Gasteiger partial charge in [0.05, 0.1) is 16.2 Å². The van der Waals surface area contributed by atoms with Crippen molar-refractivity contribution in [3.63, 3.8) is 0 Å². The smallest absolute Gasteiger partial charge is 0.307 e. The van der Waals surface area contributed by atoms with Crippen LogP contribution < -0.4 is 15.4 Å². The molecule has 2 aromatic carbocycles. The third-order valence-corrected chi connectivity index (χ3v) is 6.03. The molecule has 2 amide bonds. The maximum Gasteiger partial charge on any atom is 0.307 e. The van der Waals surface area contributed by atoms with E-state index in [4.69, 9.17) is 4.74 Å². The van der Waals surface area contributed by atoms with Crippen molar-refractivity contribution in [1.29, 1.82) is 0 Å². The molecular weight excluding hydrogens is 468 g/mol. The Morgan fingerprint density at radius 1 is 1.03 bits per heavy atom. The highest BCUT2D eigenvalue weighted by atomic mass is 32.2. The zero-order valence-corrected chi connectivity index (χ0v) is 19.5. The Hall–Kier alpha value is -3.84. The summed E-state index contributed by atoms with van der Waals surface area (Å²) in [6.45, 7) is 3.78. The van der Waals surface area contributed by atoms with Gasteiger partial charge < -0.3 is 15.4 Å². The topological polar surface area (TPSA) is 174 Å². The molecular formula is C21H24N4O8S. The largest absolute Gasteiger partial charge is 0.456 e. The average molecular weight is 493 g/mol. The van der Waals surface area contributed by atoms with Gasteiger partial charge in [-0.1, -0.05) is 0 Å². The summed E-state index contributed by atoms with van der Waals surface area (Å²) < 4.78 is 31.6. The van der Waals surface area contributed by atoms with E-state index in [1.54, 1.807) is 13.8 Å². The first kappa shape index (κ1) is 26.4. The first-order valence-electron chi connectivity index (χ1n) is 9.97. The summed E-state index contributed by atoms with van der Waals surface area (Å²) in [5, 5.41) is 16.0. The lowest BCUT2D eigenvalue weighted by molar-refractivity contribution is -0.384. The third kappa shape index (κ3) is 7.64. The standard InChI is InChI=1S/C21H24N4O8S/c1-13-10-18(19(25(29)30)11-14(13)2)24-20(27)12-33-21(28)8-9-22-34(31,32)17-6-4-16(5-7-17)23-15(3)26/h4-7,10-11,22H,8-9,12H2,1-3H3,(H,23,26)(H,24,27). The van der Waals surface area contributed by atoms with Crippen LogP contribution in [0.4, 0.5) is 17.1 Å². The molecule has 0 atom stereocenters. The first-order valence-corrected chi connectivity index (χ1v) is 11.5. The van der Waals surface area contributed by atoms with Crippen molar-refractivity contribution < 1.29 is 32.5 Å². The summed E-state index contributed by atoms with van der Waals surface area (Å²) in [7, 11) is -3.91. The number of esters is 1. The van der Waals surface area contributed by atoms with Crippen LogP contribution in [0.1, 0.15) is 24.5 Å². The molecule has 182 valence electrons. The van der Waals surface area contributed by atoms with Gasteiger partial charge in [0.2, 0.25) is 15.9 Å². The van der Waals surface area contributed by atoms with Crippen molar-refractivity contribution in [2.24, 2.45) is 0 Å². The van der Waals surface area contributed by atoms with Gasteiger partial charge in [-0.15, -0.1) is 0 Å². The maximum absolute atomic E-state index is 12.3. The molecule has 0 radical (unpaired) electrons. The predicted octanol–water partition coefficient (Wildman–Crippen LogP) is 2.02. The lowest BCUT2D eigenvalue weighted by atomic mass is 10.1. The van der Waals surface area contributed by atoms with Gasteiger partial charge >= 0.3 is 5.97 Å². The number of hydrogen-bond donors (Lipinski definition) is 3. The fourth-order valence-electron chi connectivity index (χ4n) is 2.75. The van der Waals surface area contributed by atoms with E-state index in [0.717, 1.165) is 5.56 Å². The number of amides is 2. The van der Waals surface area contributed by atoms with Crippen LogP contribution in [0.3, 0.4) is 0 Å². The number of nitrogens with one attached hydrogen (secondary N) is 3. The molecule has 3 N–H and O–H groups in total. The second-order valence-corrected chi connectivity index (χ2v) is 9.04. The van der Waals surface area contributed by atoms with E-state index in [2.05, 4.69) is 15.4 Å². The van der Waals surface area contributed by atoms with E-state index < -0.39 is 33.4 Å². The van der Waals surface area contributed by atoms with E-state index >= 15 is 0 Å². The molecule has 0 aliphatic carbocycles. The van der Waals surface area contributed by atoms with Gasteiger partial charge in [-0.05, 0) is 55.3 Å². The SMILES string of the molecule is CC(=O)Nc1ccc(S(=O)(=O)NCCC(=O)OCC(=O)Nc2cc(C)c(C)cc2[N+](=O)[O-])cc1. The summed E-state index contributed by atoms with van der Waals surface area (Å²) in [5.41, 5.74) is 1.53. The zero-order chi connectivity index (χ0) is 25.5. The Kier molecular flexibility index (Phi) is 8.81. The third-order valence-electron chi connectivity index (χ3n) is 4.55. The van der Waals surface area contributed by atoms with Crippen LogP contribution in [0, 0.1) is 24.0 Å². The van der Waals surface area contributed by atoms with Crippen LogP contribution in [0.15, 0.2) is 41.3 Å². The second-order valence-electron chi connectivity index (χ2n) is 7.27. The van der Waals surface area contributed by atoms with Crippen molar-refractivity contribution in [1.82, 2.24) is 4.72 Å². The monoisotopic (exact) mass is 492 g/mol. The van der Waals surface area contributed by atoms with Crippen molar-refractivity contribution >= 4 is 44.9 Å². The van der Waals surface area contributed by atoms with Crippen LogP contribution in [0.2, 0.25) is 0 Å². The first-order chi connectivity index (χ1) is 15.9. The molecule has 34 heavy (non-hydrogen) atoms. The quantitative estimate of drug-likeness (QED) is 0.256. The number of ether oxygens (including phenoxy) is 1. The van der Waals surface area contributed by atoms with Gasteiger partial charge in [0.25, 0.3) is 11.6 Å². The number of sulfonamides is 1. The summed E-state index contributed by atoms with van der Waals surface area (Å²) in [6, 6.07) is 8.21. The Morgan fingerprint density at radius 2 is 1.65 bits per heavy atom. The summed E-state index contributed by atoms with van der Waals surface area (Å²) in [5.74, 6) is -1.92. The van der Waals surface area contributed by atoms with Crippen LogP contribution in [0.5, 0.6) is 0 Å². The van der Waals surface area contributed by atoms with Gasteiger partial charge in [0, 0.05) is 25.2 Å². The molecule has 0 aliphatic rings. The maximum atomic E-state index is 12.3. The predicted molar refractivity (Wildman–Crippen MR) is 123 cm³/mol. The molecule has 12 nitrogen and oxygen atoms in total. The fourth-order valence-corrected chi connectivity index (χ4v) is 3.78. The Balaban J connectivity index is 1.83. The molecule has 0 unspecified atom stereocenters. The van der Waals surface area contributed by atoms with Gasteiger partial charge in [-0.2, -0.15) is 0 Å².